The normalized spacial score (nSPS) is 18.0. The Morgan fingerprint density at radius 1 is 1.16 bits per heavy atom. The van der Waals surface area contributed by atoms with Crippen molar-refractivity contribution in [1.29, 1.82) is 0 Å². The van der Waals surface area contributed by atoms with Crippen LogP contribution in [0.15, 0.2) is 47.4 Å². The van der Waals surface area contributed by atoms with Crippen molar-refractivity contribution in [1.82, 2.24) is 5.32 Å². The summed E-state index contributed by atoms with van der Waals surface area (Å²) in [6, 6.07) is 12.1. The van der Waals surface area contributed by atoms with Crippen molar-refractivity contribution in [3.8, 4) is 0 Å². The fraction of sp³-hybridized carbons (Fsp3) is 0.391. The molecule has 0 spiro atoms. The van der Waals surface area contributed by atoms with Gasteiger partial charge in [0.2, 0.25) is 11.8 Å². The molecule has 1 aliphatic heterocycles. The summed E-state index contributed by atoms with van der Waals surface area (Å²) < 4.78 is 25.6. The third-order valence-corrected chi connectivity index (χ3v) is 7.90. The van der Waals surface area contributed by atoms with Gasteiger partial charge in [0.05, 0.1) is 10.6 Å². The van der Waals surface area contributed by atoms with Gasteiger partial charge in [-0.3, -0.25) is 9.59 Å². The second-order valence-corrected chi connectivity index (χ2v) is 10.8. The van der Waals surface area contributed by atoms with E-state index in [0.717, 1.165) is 29.7 Å². The molecule has 0 aromatic heterocycles. The number of hydrogen-bond acceptors (Lipinski definition) is 4. The van der Waals surface area contributed by atoms with Crippen LogP contribution >= 0.6 is 11.6 Å². The maximum absolute atomic E-state index is 12.8. The predicted molar refractivity (Wildman–Crippen MR) is 120 cm³/mol. The lowest BCUT2D eigenvalue weighted by atomic mass is 10.1. The van der Waals surface area contributed by atoms with E-state index in [1.165, 1.54) is 0 Å². The van der Waals surface area contributed by atoms with Gasteiger partial charge in [-0.05, 0) is 61.6 Å². The SMILES string of the molecule is C[C@@H]1Cc2cc(S(=O)(=O)CCC(=O)NCc3ccccc3Cl)ccc2N1C(=O)C1CC1. The Morgan fingerprint density at radius 2 is 1.90 bits per heavy atom. The third kappa shape index (κ3) is 4.77. The Kier molecular flexibility index (Phi) is 6.08. The maximum atomic E-state index is 12.8. The van der Waals surface area contributed by atoms with Crippen LogP contribution in [0.25, 0.3) is 0 Å². The van der Waals surface area contributed by atoms with E-state index in [1.807, 2.05) is 24.0 Å². The lowest BCUT2D eigenvalue weighted by molar-refractivity contribution is -0.121. The number of rotatable bonds is 7. The van der Waals surface area contributed by atoms with Gasteiger partial charge in [0, 0.05) is 35.6 Å². The molecule has 1 fully saturated rings. The molecule has 2 aromatic rings. The number of carbonyl (C=O) groups is 2. The molecule has 2 amide bonds. The predicted octanol–water partition coefficient (Wildman–Crippen LogP) is 3.51. The van der Waals surface area contributed by atoms with Crippen molar-refractivity contribution in [2.45, 2.75) is 50.1 Å². The average molecular weight is 461 g/mol. The van der Waals surface area contributed by atoms with Crippen molar-refractivity contribution in [3.05, 3.63) is 58.6 Å². The van der Waals surface area contributed by atoms with Gasteiger partial charge >= 0.3 is 0 Å². The monoisotopic (exact) mass is 460 g/mol. The van der Waals surface area contributed by atoms with Crippen LogP contribution in [-0.4, -0.2) is 32.0 Å². The van der Waals surface area contributed by atoms with Gasteiger partial charge in [-0.25, -0.2) is 8.42 Å². The summed E-state index contributed by atoms with van der Waals surface area (Å²) in [4.78, 5) is 26.7. The number of nitrogens with one attached hydrogen (secondary N) is 1. The molecule has 2 aliphatic rings. The number of fused-ring (bicyclic) bond motifs is 1. The number of sulfone groups is 1. The molecule has 1 atom stereocenters. The summed E-state index contributed by atoms with van der Waals surface area (Å²) in [5.41, 5.74) is 2.45. The minimum absolute atomic E-state index is 0.0247. The summed E-state index contributed by atoms with van der Waals surface area (Å²) >= 11 is 6.07. The van der Waals surface area contributed by atoms with E-state index in [2.05, 4.69) is 5.32 Å². The lowest BCUT2D eigenvalue weighted by Gasteiger charge is -2.22. The highest BCUT2D eigenvalue weighted by Gasteiger charge is 2.39. The Labute approximate surface area is 187 Å². The molecule has 0 radical (unpaired) electrons. The first-order chi connectivity index (χ1) is 14.8. The van der Waals surface area contributed by atoms with Gasteiger partial charge in [-0.1, -0.05) is 29.8 Å². The Hall–Kier alpha value is -2.38. The average Bonchev–Trinajstić information content (AvgIpc) is 3.53. The van der Waals surface area contributed by atoms with E-state index < -0.39 is 9.84 Å². The zero-order chi connectivity index (χ0) is 22.2. The van der Waals surface area contributed by atoms with E-state index in [9.17, 15) is 18.0 Å². The summed E-state index contributed by atoms with van der Waals surface area (Å²) in [6.07, 6.45) is 2.37. The molecule has 8 heteroatoms. The number of amides is 2. The van der Waals surface area contributed by atoms with E-state index in [0.29, 0.717) is 11.4 Å². The maximum Gasteiger partial charge on any atom is 0.230 e. The van der Waals surface area contributed by atoms with Crippen molar-refractivity contribution in [2.75, 3.05) is 10.7 Å². The molecule has 0 unspecified atom stereocenters. The first-order valence-electron chi connectivity index (χ1n) is 10.4. The molecule has 1 heterocycles. The van der Waals surface area contributed by atoms with Crippen LogP contribution in [0.1, 0.15) is 37.3 Å². The van der Waals surface area contributed by atoms with Gasteiger partial charge in [0.1, 0.15) is 0 Å². The standard InChI is InChI=1S/C23H25ClN2O4S/c1-15-12-18-13-19(8-9-21(18)26(15)23(28)16-6-7-16)31(29,30)11-10-22(27)25-14-17-4-2-3-5-20(17)24/h2-5,8-9,13,15-16H,6-7,10-12,14H2,1H3,(H,25,27)/t15-/m1/s1. The fourth-order valence-electron chi connectivity index (χ4n) is 3.93. The molecule has 1 saturated carbocycles. The van der Waals surface area contributed by atoms with Gasteiger partial charge in [0.15, 0.2) is 9.84 Å². The van der Waals surface area contributed by atoms with Gasteiger partial charge < -0.3 is 10.2 Å². The highest BCUT2D eigenvalue weighted by atomic mass is 35.5. The smallest absolute Gasteiger partial charge is 0.230 e. The summed E-state index contributed by atoms with van der Waals surface area (Å²) in [5.74, 6) is -0.377. The molecule has 164 valence electrons. The number of hydrogen-bond donors (Lipinski definition) is 1. The number of anilines is 1. The van der Waals surface area contributed by atoms with Gasteiger partial charge in [-0.2, -0.15) is 0 Å². The first kappa shape index (κ1) is 21.8. The van der Waals surface area contributed by atoms with Crippen LogP contribution in [0.5, 0.6) is 0 Å². The molecule has 1 aliphatic carbocycles. The van der Waals surface area contributed by atoms with Crippen LogP contribution in [0.2, 0.25) is 5.02 Å². The number of halogens is 1. The van der Waals surface area contributed by atoms with E-state index in [1.54, 1.807) is 30.3 Å². The van der Waals surface area contributed by atoms with Crippen LogP contribution in [0.3, 0.4) is 0 Å². The molecule has 31 heavy (non-hydrogen) atoms. The molecular weight excluding hydrogens is 436 g/mol. The van der Waals surface area contributed by atoms with Crippen molar-refractivity contribution < 1.29 is 18.0 Å². The van der Waals surface area contributed by atoms with Crippen molar-refractivity contribution in [2.24, 2.45) is 5.92 Å². The summed E-state index contributed by atoms with van der Waals surface area (Å²) in [6.45, 7) is 2.23. The van der Waals surface area contributed by atoms with Crippen molar-refractivity contribution in [3.63, 3.8) is 0 Å². The Bertz CT molecular complexity index is 1130. The van der Waals surface area contributed by atoms with Crippen LogP contribution < -0.4 is 10.2 Å². The molecule has 0 bridgehead atoms. The van der Waals surface area contributed by atoms with E-state index in [-0.39, 0.29) is 47.4 Å². The Morgan fingerprint density at radius 3 is 2.61 bits per heavy atom. The van der Waals surface area contributed by atoms with E-state index in [4.69, 9.17) is 11.6 Å². The molecule has 1 N–H and O–H groups in total. The minimum Gasteiger partial charge on any atom is -0.352 e. The zero-order valence-corrected chi connectivity index (χ0v) is 18.9. The highest BCUT2D eigenvalue weighted by Crippen LogP contribution is 2.39. The Balaban J connectivity index is 1.39. The second kappa shape index (κ2) is 8.63. The van der Waals surface area contributed by atoms with E-state index >= 15 is 0 Å². The highest BCUT2D eigenvalue weighted by molar-refractivity contribution is 7.91. The molecule has 4 rings (SSSR count). The zero-order valence-electron chi connectivity index (χ0n) is 17.3. The topological polar surface area (TPSA) is 83.6 Å². The number of benzene rings is 2. The molecule has 2 aromatic carbocycles. The lowest BCUT2D eigenvalue weighted by Crippen LogP contribution is -2.36. The van der Waals surface area contributed by atoms with Gasteiger partial charge in [-0.15, -0.1) is 0 Å². The molecule has 6 nitrogen and oxygen atoms in total. The quantitative estimate of drug-likeness (QED) is 0.685. The van der Waals surface area contributed by atoms with Crippen LogP contribution in [0, 0.1) is 5.92 Å². The largest absolute Gasteiger partial charge is 0.352 e. The van der Waals surface area contributed by atoms with Crippen LogP contribution in [-0.2, 0) is 32.4 Å². The molecule has 0 saturated heterocycles. The number of carbonyl (C=O) groups excluding carboxylic acids is 2. The van der Waals surface area contributed by atoms with Crippen LogP contribution in [0.4, 0.5) is 5.69 Å². The third-order valence-electron chi connectivity index (χ3n) is 5.82. The van der Waals surface area contributed by atoms with Crippen molar-refractivity contribution >= 4 is 38.9 Å². The first-order valence-corrected chi connectivity index (χ1v) is 12.5. The molecular formula is C23H25ClN2O4S. The minimum atomic E-state index is -3.62. The summed E-state index contributed by atoms with van der Waals surface area (Å²) in [5, 5.41) is 3.27. The number of nitrogens with zero attached hydrogens (tertiary/aromatic N) is 1. The fourth-order valence-corrected chi connectivity index (χ4v) is 5.42. The second-order valence-electron chi connectivity index (χ2n) is 8.26. The summed E-state index contributed by atoms with van der Waals surface area (Å²) in [7, 11) is -3.62. The van der Waals surface area contributed by atoms with Gasteiger partial charge in [0.25, 0.3) is 0 Å².